The fourth-order valence-corrected chi connectivity index (χ4v) is 2.32. The Balaban J connectivity index is 2.61. The molecular weight excluding hydrogens is 215 g/mol. The van der Waals surface area contributed by atoms with Crippen molar-refractivity contribution in [3.63, 3.8) is 0 Å². The molecule has 1 aromatic heterocycles. The van der Waals surface area contributed by atoms with Gasteiger partial charge in [0.05, 0.1) is 0 Å². The first-order valence-electron chi connectivity index (χ1n) is 5.93. The van der Waals surface area contributed by atoms with Crippen molar-refractivity contribution < 1.29 is 4.39 Å². The molecule has 0 spiro atoms. The fraction of sp³-hybridized carbons (Fsp3) is 0.429. The van der Waals surface area contributed by atoms with E-state index in [2.05, 4.69) is 29.4 Å². The number of benzene rings is 1. The Morgan fingerprint density at radius 3 is 2.53 bits per heavy atom. The number of halogens is 1. The molecule has 3 heteroatoms. The minimum Gasteiger partial charge on any atom is -0.341 e. The van der Waals surface area contributed by atoms with Crippen LogP contribution in [0.15, 0.2) is 24.3 Å². The first-order chi connectivity index (χ1) is 7.99. The van der Waals surface area contributed by atoms with Crippen LogP contribution in [0.4, 0.5) is 4.39 Å². The van der Waals surface area contributed by atoms with Crippen molar-refractivity contribution in [3.05, 3.63) is 35.8 Å². The smallest absolute Gasteiger partial charge is 0.123 e. The van der Waals surface area contributed by atoms with Crippen molar-refractivity contribution >= 4 is 10.9 Å². The highest BCUT2D eigenvalue weighted by molar-refractivity contribution is 5.81. The molecule has 0 atom stereocenters. The third-order valence-electron chi connectivity index (χ3n) is 2.88. The molecule has 2 aromatic rings. The van der Waals surface area contributed by atoms with Gasteiger partial charge in [-0.1, -0.05) is 0 Å². The second-order valence-corrected chi connectivity index (χ2v) is 5.04. The zero-order valence-corrected chi connectivity index (χ0v) is 10.9. The average molecular weight is 234 g/mol. The third-order valence-corrected chi connectivity index (χ3v) is 2.88. The van der Waals surface area contributed by atoms with Gasteiger partial charge in [-0.05, 0) is 52.2 Å². The van der Waals surface area contributed by atoms with Crippen LogP contribution in [0.2, 0.25) is 0 Å². The topological polar surface area (TPSA) is 8.17 Å². The lowest BCUT2D eigenvalue weighted by atomic mass is 10.2. The minimum absolute atomic E-state index is 0.171. The minimum atomic E-state index is -0.171. The first kappa shape index (κ1) is 12.1. The van der Waals surface area contributed by atoms with Gasteiger partial charge in [-0.15, -0.1) is 0 Å². The van der Waals surface area contributed by atoms with Gasteiger partial charge in [0, 0.05) is 29.2 Å². The van der Waals surface area contributed by atoms with Crippen LogP contribution in [0.3, 0.4) is 0 Å². The van der Waals surface area contributed by atoms with Crippen molar-refractivity contribution in [1.82, 2.24) is 9.47 Å². The summed E-state index contributed by atoms with van der Waals surface area (Å²) >= 11 is 0. The van der Waals surface area contributed by atoms with Crippen LogP contribution < -0.4 is 0 Å². The Kier molecular flexibility index (Phi) is 3.20. The van der Waals surface area contributed by atoms with Crippen molar-refractivity contribution in [2.24, 2.45) is 0 Å². The molecule has 0 saturated heterocycles. The van der Waals surface area contributed by atoms with Gasteiger partial charge in [-0.3, -0.25) is 0 Å². The summed E-state index contributed by atoms with van der Waals surface area (Å²) in [6.07, 6.45) is 0. The highest BCUT2D eigenvalue weighted by atomic mass is 19.1. The second kappa shape index (κ2) is 4.49. The number of hydrogen-bond acceptors (Lipinski definition) is 1. The summed E-state index contributed by atoms with van der Waals surface area (Å²) in [5.74, 6) is -0.171. The van der Waals surface area contributed by atoms with Crippen LogP contribution >= 0.6 is 0 Å². The van der Waals surface area contributed by atoms with E-state index in [1.807, 2.05) is 20.2 Å². The molecule has 0 aliphatic rings. The first-order valence-corrected chi connectivity index (χ1v) is 5.93. The zero-order valence-electron chi connectivity index (χ0n) is 10.9. The average Bonchev–Trinajstić information content (AvgIpc) is 2.53. The molecule has 17 heavy (non-hydrogen) atoms. The van der Waals surface area contributed by atoms with E-state index in [0.717, 1.165) is 17.4 Å². The molecular formula is C14H19FN2. The molecule has 0 amide bonds. The van der Waals surface area contributed by atoms with Crippen molar-refractivity contribution in [2.75, 3.05) is 14.1 Å². The van der Waals surface area contributed by atoms with E-state index in [4.69, 9.17) is 0 Å². The zero-order chi connectivity index (χ0) is 12.6. The van der Waals surface area contributed by atoms with E-state index < -0.39 is 0 Å². The fourth-order valence-electron chi connectivity index (χ4n) is 2.32. The lowest BCUT2D eigenvalue weighted by molar-refractivity contribution is 0.383. The molecule has 1 heterocycles. The van der Waals surface area contributed by atoms with E-state index in [1.54, 1.807) is 6.07 Å². The number of rotatable bonds is 3. The van der Waals surface area contributed by atoms with Crippen LogP contribution in [0.5, 0.6) is 0 Å². The molecule has 0 unspecified atom stereocenters. The molecule has 0 saturated carbocycles. The Morgan fingerprint density at radius 2 is 1.94 bits per heavy atom. The van der Waals surface area contributed by atoms with E-state index in [1.165, 1.54) is 11.8 Å². The standard InChI is InChI=1S/C14H19FN2/c1-10(2)17-13(9-16(3)4)8-11-7-12(15)5-6-14(11)17/h5-8,10H,9H2,1-4H3. The van der Waals surface area contributed by atoms with Gasteiger partial charge in [-0.25, -0.2) is 4.39 Å². The maximum absolute atomic E-state index is 13.2. The summed E-state index contributed by atoms with van der Waals surface area (Å²) in [7, 11) is 4.09. The number of fused-ring (bicyclic) bond motifs is 1. The predicted octanol–water partition coefficient (Wildman–Crippen LogP) is 3.42. The normalized spacial score (nSPS) is 11.9. The third kappa shape index (κ3) is 2.34. The number of hydrogen-bond donors (Lipinski definition) is 0. The highest BCUT2D eigenvalue weighted by Gasteiger charge is 2.12. The summed E-state index contributed by atoms with van der Waals surface area (Å²) in [6, 6.07) is 7.46. The molecule has 2 rings (SSSR count). The molecule has 0 fully saturated rings. The molecule has 0 bridgehead atoms. The molecule has 0 N–H and O–H groups in total. The van der Waals surface area contributed by atoms with Crippen LogP contribution in [0, 0.1) is 5.82 Å². The van der Waals surface area contributed by atoms with Gasteiger partial charge in [0.1, 0.15) is 5.82 Å². The summed E-state index contributed by atoms with van der Waals surface area (Å²) < 4.78 is 15.5. The van der Waals surface area contributed by atoms with Crippen molar-refractivity contribution in [2.45, 2.75) is 26.4 Å². The lowest BCUT2D eigenvalue weighted by Crippen LogP contribution is -2.15. The summed E-state index contributed by atoms with van der Waals surface area (Å²) in [5, 5.41) is 0.982. The van der Waals surface area contributed by atoms with E-state index in [9.17, 15) is 4.39 Å². The van der Waals surface area contributed by atoms with Crippen LogP contribution in [-0.4, -0.2) is 23.6 Å². The second-order valence-electron chi connectivity index (χ2n) is 5.04. The molecule has 0 aliphatic heterocycles. The Bertz CT molecular complexity index is 526. The van der Waals surface area contributed by atoms with Crippen molar-refractivity contribution in [3.8, 4) is 0 Å². The summed E-state index contributed by atoms with van der Waals surface area (Å²) in [5.41, 5.74) is 2.34. The van der Waals surface area contributed by atoms with E-state index in [0.29, 0.717) is 6.04 Å². The van der Waals surface area contributed by atoms with Gasteiger partial charge >= 0.3 is 0 Å². The molecule has 1 aromatic carbocycles. The SMILES string of the molecule is CC(C)n1c(CN(C)C)cc2cc(F)ccc21. The van der Waals surface area contributed by atoms with Gasteiger partial charge < -0.3 is 9.47 Å². The Labute approximate surface area is 102 Å². The lowest BCUT2D eigenvalue weighted by Gasteiger charge is -2.17. The van der Waals surface area contributed by atoms with E-state index >= 15 is 0 Å². The quantitative estimate of drug-likeness (QED) is 0.790. The molecule has 2 nitrogen and oxygen atoms in total. The molecule has 0 radical (unpaired) electrons. The highest BCUT2D eigenvalue weighted by Crippen LogP contribution is 2.25. The van der Waals surface area contributed by atoms with Gasteiger partial charge in [0.2, 0.25) is 0 Å². The Morgan fingerprint density at radius 1 is 1.24 bits per heavy atom. The maximum Gasteiger partial charge on any atom is 0.123 e. The van der Waals surface area contributed by atoms with Crippen molar-refractivity contribution in [1.29, 1.82) is 0 Å². The van der Waals surface area contributed by atoms with Crippen LogP contribution in [0.25, 0.3) is 10.9 Å². The number of aromatic nitrogens is 1. The summed E-state index contributed by atoms with van der Waals surface area (Å²) in [6.45, 7) is 5.18. The summed E-state index contributed by atoms with van der Waals surface area (Å²) in [4.78, 5) is 2.13. The van der Waals surface area contributed by atoms with Gasteiger partial charge in [-0.2, -0.15) is 0 Å². The predicted molar refractivity (Wildman–Crippen MR) is 69.7 cm³/mol. The number of nitrogens with zero attached hydrogens (tertiary/aromatic N) is 2. The van der Waals surface area contributed by atoms with Gasteiger partial charge in [0.15, 0.2) is 0 Å². The van der Waals surface area contributed by atoms with Crippen LogP contribution in [-0.2, 0) is 6.54 Å². The van der Waals surface area contributed by atoms with Gasteiger partial charge in [0.25, 0.3) is 0 Å². The maximum atomic E-state index is 13.2. The molecule has 0 aliphatic carbocycles. The molecule has 92 valence electrons. The largest absolute Gasteiger partial charge is 0.341 e. The van der Waals surface area contributed by atoms with E-state index in [-0.39, 0.29) is 5.82 Å². The monoisotopic (exact) mass is 234 g/mol. The Hall–Kier alpha value is -1.35. The van der Waals surface area contributed by atoms with Crippen LogP contribution in [0.1, 0.15) is 25.6 Å².